The smallest absolute Gasteiger partial charge is 0.213 e. The molecule has 0 bridgehead atoms. The van der Waals surface area contributed by atoms with Gasteiger partial charge >= 0.3 is 0 Å². The SMILES string of the molecule is CN=C(NCCSc1ccc(Cl)cc1)NCc1ccc(OCCOC)nc1.I. The summed E-state index contributed by atoms with van der Waals surface area (Å²) in [4.78, 5) is 9.71. The summed E-state index contributed by atoms with van der Waals surface area (Å²) < 4.78 is 10.4. The first-order chi connectivity index (χ1) is 13.2. The highest BCUT2D eigenvalue weighted by atomic mass is 127. The molecule has 0 radical (unpaired) electrons. The average molecular weight is 537 g/mol. The van der Waals surface area contributed by atoms with Crippen molar-refractivity contribution in [1.82, 2.24) is 15.6 Å². The summed E-state index contributed by atoms with van der Waals surface area (Å²) in [6.07, 6.45) is 1.79. The summed E-state index contributed by atoms with van der Waals surface area (Å²) in [5.74, 6) is 2.28. The molecule has 0 fully saturated rings. The van der Waals surface area contributed by atoms with Gasteiger partial charge in [-0.3, -0.25) is 4.99 Å². The third kappa shape index (κ3) is 9.81. The maximum atomic E-state index is 5.89. The van der Waals surface area contributed by atoms with Crippen LogP contribution in [0, 0.1) is 0 Å². The second-order valence-electron chi connectivity index (χ2n) is 5.50. The molecule has 1 aromatic carbocycles. The highest BCUT2D eigenvalue weighted by Crippen LogP contribution is 2.19. The van der Waals surface area contributed by atoms with Gasteiger partial charge in [-0.15, -0.1) is 35.7 Å². The fourth-order valence-electron chi connectivity index (χ4n) is 2.11. The zero-order chi connectivity index (χ0) is 19.3. The lowest BCUT2D eigenvalue weighted by Crippen LogP contribution is -2.37. The molecule has 28 heavy (non-hydrogen) atoms. The Morgan fingerprint density at radius 3 is 2.57 bits per heavy atom. The Labute approximate surface area is 192 Å². The van der Waals surface area contributed by atoms with Crippen LogP contribution in [0.4, 0.5) is 0 Å². The van der Waals surface area contributed by atoms with E-state index in [1.54, 1.807) is 32.1 Å². The molecule has 2 N–H and O–H groups in total. The molecule has 0 aliphatic carbocycles. The van der Waals surface area contributed by atoms with Crippen LogP contribution in [0.2, 0.25) is 5.02 Å². The molecule has 0 aliphatic rings. The van der Waals surface area contributed by atoms with Crippen molar-refractivity contribution < 1.29 is 9.47 Å². The number of aliphatic imine (C=N–C) groups is 1. The number of hydrogen-bond acceptors (Lipinski definition) is 5. The van der Waals surface area contributed by atoms with Gasteiger partial charge in [0.2, 0.25) is 5.88 Å². The number of halogens is 2. The first-order valence-corrected chi connectivity index (χ1v) is 9.97. The quantitative estimate of drug-likeness (QED) is 0.158. The number of rotatable bonds is 10. The van der Waals surface area contributed by atoms with Crippen LogP contribution in [0.5, 0.6) is 5.88 Å². The average Bonchev–Trinajstić information content (AvgIpc) is 2.70. The second kappa shape index (κ2) is 14.7. The van der Waals surface area contributed by atoms with E-state index in [-0.39, 0.29) is 24.0 Å². The minimum absolute atomic E-state index is 0. The zero-order valence-electron chi connectivity index (χ0n) is 16.0. The molecule has 1 aromatic heterocycles. The maximum Gasteiger partial charge on any atom is 0.213 e. The predicted molar refractivity (Wildman–Crippen MR) is 127 cm³/mol. The van der Waals surface area contributed by atoms with Crippen LogP contribution in [0.3, 0.4) is 0 Å². The number of benzene rings is 1. The van der Waals surface area contributed by atoms with Gasteiger partial charge in [-0.05, 0) is 29.8 Å². The summed E-state index contributed by atoms with van der Waals surface area (Å²) >= 11 is 7.66. The Kier molecular flexibility index (Phi) is 13.0. The molecule has 9 heteroatoms. The summed E-state index contributed by atoms with van der Waals surface area (Å²) in [6, 6.07) is 11.7. The Balaban J connectivity index is 0.00000392. The predicted octanol–water partition coefficient (Wildman–Crippen LogP) is 3.84. The van der Waals surface area contributed by atoms with Gasteiger partial charge in [0.25, 0.3) is 0 Å². The normalized spacial score (nSPS) is 10.9. The van der Waals surface area contributed by atoms with Crippen LogP contribution in [-0.4, -0.2) is 50.6 Å². The third-order valence-electron chi connectivity index (χ3n) is 3.50. The van der Waals surface area contributed by atoms with Crippen molar-refractivity contribution in [2.45, 2.75) is 11.4 Å². The van der Waals surface area contributed by atoms with Crippen molar-refractivity contribution in [1.29, 1.82) is 0 Å². The van der Waals surface area contributed by atoms with Crippen LogP contribution < -0.4 is 15.4 Å². The minimum atomic E-state index is 0. The lowest BCUT2D eigenvalue weighted by atomic mass is 10.3. The number of guanidine groups is 1. The van der Waals surface area contributed by atoms with Crippen LogP contribution in [0.15, 0.2) is 52.5 Å². The van der Waals surface area contributed by atoms with Gasteiger partial charge in [-0.25, -0.2) is 4.98 Å². The Hall–Kier alpha value is -1.23. The summed E-state index contributed by atoms with van der Waals surface area (Å²) in [5.41, 5.74) is 1.05. The fourth-order valence-corrected chi connectivity index (χ4v) is 3.00. The molecule has 154 valence electrons. The van der Waals surface area contributed by atoms with E-state index in [9.17, 15) is 0 Å². The van der Waals surface area contributed by atoms with Crippen LogP contribution in [0.1, 0.15) is 5.56 Å². The molecule has 0 atom stereocenters. The van der Waals surface area contributed by atoms with E-state index in [4.69, 9.17) is 21.1 Å². The van der Waals surface area contributed by atoms with Crippen molar-refractivity contribution in [2.24, 2.45) is 4.99 Å². The second-order valence-corrected chi connectivity index (χ2v) is 7.11. The largest absolute Gasteiger partial charge is 0.475 e. The van der Waals surface area contributed by atoms with E-state index in [1.807, 2.05) is 36.4 Å². The number of hydrogen-bond donors (Lipinski definition) is 2. The van der Waals surface area contributed by atoms with E-state index in [0.717, 1.165) is 28.8 Å². The van der Waals surface area contributed by atoms with E-state index in [0.29, 0.717) is 25.6 Å². The highest BCUT2D eigenvalue weighted by molar-refractivity contribution is 14.0. The molecule has 0 amide bonds. The van der Waals surface area contributed by atoms with Crippen molar-refractivity contribution in [3.8, 4) is 5.88 Å². The Bertz CT molecular complexity index is 702. The molecule has 1 heterocycles. The summed E-state index contributed by atoms with van der Waals surface area (Å²) in [5, 5.41) is 7.33. The number of thioether (sulfide) groups is 1. The number of nitrogens with one attached hydrogen (secondary N) is 2. The van der Waals surface area contributed by atoms with E-state index in [1.165, 1.54) is 4.90 Å². The number of pyridine rings is 1. The first kappa shape index (κ1) is 24.8. The molecular weight excluding hydrogens is 511 g/mol. The zero-order valence-corrected chi connectivity index (χ0v) is 19.9. The van der Waals surface area contributed by atoms with Gasteiger partial charge in [0.05, 0.1) is 6.61 Å². The molecule has 0 saturated carbocycles. The summed E-state index contributed by atoms with van der Waals surface area (Å²) in [7, 11) is 3.40. The number of methoxy groups -OCH3 is 1. The molecule has 0 unspecified atom stereocenters. The van der Waals surface area contributed by atoms with E-state index < -0.39 is 0 Å². The Morgan fingerprint density at radius 1 is 1.14 bits per heavy atom. The van der Waals surface area contributed by atoms with Crippen molar-refractivity contribution in [3.63, 3.8) is 0 Å². The van der Waals surface area contributed by atoms with Gasteiger partial charge in [0.1, 0.15) is 6.61 Å². The maximum absolute atomic E-state index is 5.89. The lowest BCUT2D eigenvalue weighted by Gasteiger charge is -2.12. The lowest BCUT2D eigenvalue weighted by molar-refractivity contribution is 0.143. The number of nitrogens with zero attached hydrogens (tertiary/aromatic N) is 2. The highest BCUT2D eigenvalue weighted by Gasteiger charge is 2.01. The van der Waals surface area contributed by atoms with Gasteiger partial charge in [0.15, 0.2) is 5.96 Å². The molecule has 0 saturated heterocycles. The molecular formula is C19H26ClIN4O2S. The standard InChI is InChI=1S/C19H25ClN4O2S.HI/c1-21-19(22-9-12-27-17-6-4-16(20)5-7-17)24-14-15-3-8-18(23-13-15)26-11-10-25-2;/h3-8,13H,9-12,14H2,1-2H3,(H2,21,22,24);1H. The van der Waals surface area contributed by atoms with Gasteiger partial charge in [-0.2, -0.15) is 0 Å². The molecule has 2 rings (SSSR count). The van der Waals surface area contributed by atoms with Crippen LogP contribution in [-0.2, 0) is 11.3 Å². The topological polar surface area (TPSA) is 67.8 Å². The monoisotopic (exact) mass is 536 g/mol. The molecule has 0 aliphatic heterocycles. The van der Waals surface area contributed by atoms with Gasteiger partial charge in [-0.1, -0.05) is 17.7 Å². The van der Waals surface area contributed by atoms with Crippen molar-refractivity contribution in [2.75, 3.05) is 39.7 Å². The van der Waals surface area contributed by atoms with Gasteiger partial charge in [0, 0.05) is 55.2 Å². The van der Waals surface area contributed by atoms with Crippen LogP contribution in [0.25, 0.3) is 0 Å². The number of ether oxygens (including phenoxy) is 2. The summed E-state index contributed by atoms with van der Waals surface area (Å²) in [6.45, 7) is 2.47. The third-order valence-corrected chi connectivity index (χ3v) is 4.76. The van der Waals surface area contributed by atoms with Gasteiger partial charge < -0.3 is 20.1 Å². The molecule has 6 nitrogen and oxygen atoms in total. The Morgan fingerprint density at radius 2 is 1.93 bits per heavy atom. The van der Waals surface area contributed by atoms with Crippen LogP contribution >= 0.6 is 47.3 Å². The minimum Gasteiger partial charge on any atom is -0.475 e. The molecule has 0 spiro atoms. The van der Waals surface area contributed by atoms with Crippen molar-refractivity contribution >= 4 is 53.3 Å². The van der Waals surface area contributed by atoms with E-state index in [2.05, 4.69) is 20.6 Å². The van der Waals surface area contributed by atoms with E-state index >= 15 is 0 Å². The molecule has 2 aromatic rings. The fraction of sp³-hybridized carbons (Fsp3) is 0.368. The first-order valence-electron chi connectivity index (χ1n) is 8.61. The van der Waals surface area contributed by atoms with Crippen molar-refractivity contribution in [3.05, 3.63) is 53.2 Å². The number of aromatic nitrogens is 1.